The first-order chi connectivity index (χ1) is 8.61. The SMILES string of the molecule is Cc1cccc(Oc2cc(Br)ccc2CBr)c1C. The van der Waals surface area contributed by atoms with Gasteiger partial charge in [-0.1, -0.05) is 50.1 Å². The number of benzene rings is 2. The molecule has 0 heterocycles. The molecule has 2 aromatic rings. The van der Waals surface area contributed by atoms with Crippen molar-refractivity contribution >= 4 is 31.9 Å². The molecule has 0 atom stereocenters. The van der Waals surface area contributed by atoms with Gasteiger partial charge in [-0.25, -0.2) is 0 Å². The summed E-state index contributed by atoms with van der Waals surface area (Å²) in [5, 5.41) is 0.778. The van der Waals surface area contributed by atoms with Crippen molar-refractivity contribution in [3.05, 3.63) is 57.6 Å². The van der Waals surface area contributed by atoms with Crippen molar-refractivity contribution in [2.24, 2.45) is 0 Å². The lowest BCUT2D eigenvalue weighted by molar-refractivity contribution is 0.474. The molecule has 0 unspecified atom stereocenters. The van der Waals surface area contributed by atoms with Crippen LogP contribution in [-0.2, 0) is 5.33 Å². The van der Waals surface area contributed by atoms with Crippen molar-refractivity contribution in [2.45, 2.75) is 19.2 Å². The maximum atomic E-state index is 6.03. The Morgan fingerprint density at radius 1 is 1.06 bits per heavy atom. The van der Waals surface area contributed by atoms with Gasteiger partial charge in [-0.2, -0.15) is 0 Å². The lowest BCUT2D eigenvalue weighted by atomic mass is 10.1. The third-order valence-electron chi connectivity index (χ3n) is 2.95. The average molecular weight is 370 g/mol. The van der Waals surface area contributed by atoms with E-state index in [-0.39, 0.29) is 0 Å². The van der Waals surface area contributed by atoms with E-state index in [0.717, 1.165) is 26.9 Å². The van der Waals surface area contributed by atoms with Crippen molar-refractivity contribution in [1.29, 1.82) is 0 Å². The predicted octanol–water partition coefficient (Wildman–Crippen LogP) is 5.75. The van der Waals surface area contributed by atoms with Crippen LogP contribution in [-0.4, -0.2) is 0 Å². The van der Waals surface area contributed by atoms with Crippen LogP contribution in [0.2, 0.25) is 0 Å². The molecule has 0 aliphatic carbocycles. The van der Waals surface area contributed by atoms with Crippen molar-refractivity contribution < 1.29 is 4.74 Å². The van der Waals surface area contributed by atoms with E-state index in [2.05, 4.69) is 57.8 Å². The predicted molar refractivity (Wildman–Crippen MR) is 82.8 cm³/mol. The van der Waals surface area contributed by atoms with Gasteiger partial charge in [-0.3, -0.25) is 0 Å². The molecule has 0 saturated heterocycles. The van der Waals surface area contributed by atoms with Gasteiger partial charge in [0.1, 0.15) is 11.5 Å². The molecular formula is C15H14Br2O. The van der Waals surface area contributed by atoms with Crippen LogP contribution in [0.4, 0.5) is 0 Å². The lowest BCUT2D eigenvalue weighted by Crippen LogP contribution is -1.93. The first kappa shape index (κ1) is 13.6. The lowest BCUT2D eigenvalue weighted by Gasteiger charge is -2.13. The van der Waals surface area contributed by atoms with Crippen molar-refractivity contribution in [3.8, 4) is 11.5 Å². The number of hydrogen-bond donors (Lipinski definition) is 0. The highest BCUT2D eigenvalue weighted by atomic mass is 79.9. The molecule has 1 nitrogen and oxygen atoms in total. The number of ether oxygens (including phenoxy) is 1. The molecule has 0 amide bonds. The van der Waals surface area contributed by atoms with Gasteiger partial charge in [0.2, 0.25) is 0 Å². The molecule has 0 aromatic heterocycles. The number of halogens is 2. The van der Waals surface area contributed by atoms with Crippen LogP contribution in [0.3, 0.4) is 0 Å². The summed E-state index contributed by atoms with van der Waals surface area (Å²) in [6.45, 7) is 4.17. The summed E-state index contributed by atoms with van der Waals surface area (Å²) >= 11 is 6.96. The maximum Gasteiger partial charge on any atom is 0.132 e. The van der Waals surface area contributed by atoms with Gasteiger partial charge < -0.3 is 4.74 Å². The van der Waals surface area contributed by atoms with Gasteiger partial charge in [-0.05, 0) is 43.2 Å². The second-order valence-corrected chi connectivity index (χ2v) is 5.66. The second kappa shape index (κ2) is 5.89. The zero-order valence-corrected chi connectivity index (χ0v) is 13.5. The fourth-order valence-corrected chi connectivity index (χ4v) is 2.49. The zero-order chi connectivity index (χ0) is 13.1. The largest absolute Gasteiger partial charge is 0.457 e. The van der Waals surface area contributed by atoms with E-state index < -0.39 is 0 Å². The Hall–Kier alpha value is -0.800. The summed E-state index contributed by atoms with van der Waals surface area (Å²) in [7, 11) is 0. The van der Waals surface area contributed by atoms with Gasteiger partial charge >= 0.3 is 0 Å². The molecule has 0 N–H and O–H groups in total. The van der Waals surface area contributed by atoms with Crippen LogP contribution in [0.25, 0.3) is 0 Å². The molecule has 2 aromatic carbocycles. The Balaban J connectivity index is 2.39. The van der Waals surface area contributed by atoms with E-state index >= 15 is 0 Å². The van der Waals surface area contributed by atoms with Crippen LogP contribution >= 0.6 is 31.9 Å². The Bertz CT molecular complexity index is 564. The molecule has 94 valence electrons. The van der Waals surface area contributed by atoms with Gasteiger partial charge in [0.25, 0.3) is 0 Å². The number of alkyl halides is 1. The summed E-state index contributed by atoms with van der Waals surface area (Å²) in [5.74, 6) is 1.80. The smallest absolute Gasteiger partial charge is 0.132 e. The molecule has 0 spiro atoms. The summed E-state index contributed by atoms with van der Waals surface area (Å²) < 4.78 is 7.05. The van der Waals surface area contributed by atoms with E-state index in [4.69, 9.17) is 4.74 Å². The quantitative estimate of drug-likeness (QED) is 0.625. The molecule has 18 heavy (non-hydrogen) atoms. The van der Waals surface area contributed by atoms with E-state index in [9.17, 15) is 0 Å². The normalized spacial score (nSPS) is 10.4. The number of hydrogen-bond acceptors (Lipinski definition) is 1. The van der Waals surface area contributed by atoms with E-state index in [1.807, 2.05) is 24.3 Å². The third kappa shape index (κ3) is 2.96. The monoisotopic (exact) mass is 368 g/mol. The van der Waals surface area contributed by atoms with E-state index in [0.29, 0.717) is 0 Å². The van der Waals surface area contributed by atoms with Crippen LogP contribution in [0, 0.1) is 13.8 Å². The van der Waals surface area contributed by atoms with Crippen LogP contribution in [0.15, 0.2) is 40.9 Å². The van der Waals surface area contributed by atoms with Gasteiger partial charge in [0, 0.05) is 15.4 Å². The Morgan fingerprint density at radius 2 is 1.83 bits per heavy atom. The zero-order valence-electron chi connectivity index (χ0n) is 10.3. The van der Waals surface area contributed by atoms with Crippen LogP contribution in [0.1, 0.15) is 16.7 Å². The van der Waals surface area contributed by atoms with Gasteiger partial charge in [0.15, 0.2) is 0 Å². The minimum atomic E-state index is 0.778. The second-order valence-electron chi connectivity index (χ2n) is 4.19. The molecule has 3 heteroatoms. The molecule has 2 rings (SSSR count). The molecule has 0 fully saturated rings. The summed E-state index contributed by atoms with van der Waals surface area (Å²) in [4.78, 5) is 0. The molecule has 0 aliphatic heterocycles. The maximum absolute atomic E-state index is 6.03. The summed E-state index contributed by atoms with van der Waals surface area (Å²) in [6.07, 6.45) is 0. The minimum Gasteiger partial charge on any atom is -0.457 e. The fourth-order valence-electron chi connectivity index (χ4n) is 1.69. The van der Waals surface area contributed by atoms with Crippen LogP contribution in [0.5, 0.6) is 11.5 Å². The minimum absolute atomic E-state index is 0.778. The van der Waals surface area contributed by atoms with Crippen molar-refractivity contribution in [3.63, 3.8) is 0 Å². The first-order valence-corrected chi connectivity index (χ1v) is 7.61. The van der Waals surface area contributed by atoms with Crippen LogP contribution < -0.4 is 4.74 Å². The van der Waals surface area contributed by atoms with Crippen molar-refractivity contribution in [1.82, 2.24) is 0 Å². The average Bonchev–Trinajstić information content (AvgIpc) is 2.35. The Morgan fingerprint density at radius 3 is 2.56 bits per heavy atom. The number of rotatable bonds is 3. The first-order valence-electron chi connectivity index (χ1n) is 5.70. The molecule has 0 saturated carbocycles. The summed E-state index contributed by atoms with van der Waals surface area (Å²) in [5.41, 5.74) is 3.56. The van der Waals surface area contributed by atoms with Gasteiger partial charge in [-0.15, -0.1) is 0 Å². The molecule has 0 radical (unpaired) electrons. The Labute approximate surface area is 124 Å². The molecule has 0 aliphatic rings. The summed E-state index contributed by atoms with van der Waals surface area (Å²) in [6, 6.07) is 12.2. The molecule has 0 bridgehead atoms. The standard InChI is InChI=1S/C15H14Br2O/c1-10-4-3-5-14(11(10)2)18-15-8-13(17)7-6-12(15)9-16/h3-8H,9H2,1-2H3. The van der Waals surface area contributed by atoms with Crippen molar-refractivity contribution in [2.75, 3.05) is 0 Å². The molecular weight excluding hydrogens is 356 g/mol. The third-order valence-corrected chi connectivity index (χ3v) is 4.05. The fraction of sp³-hybridized carbons (Fsp3) is 0.200. The topological polar surface area (TPSA) is 9.23 Å². The van der Waals surface area contributed by atoms with E-state index in [1.54, 1.807) is 0 Å². The highest BCUT2D eigenvalue weighted by Crippen LogP contribution is 2.32. The van der Waals surface area contributed by atoms with Gasteiger partial charge in [0.05, 0.1) is 0 Å². The highest BCUT2D eigenvalue weighted by molar-refractivity contribution is 9.10. The van der Waals surface area contributed by atoms with E-state index in [1.165, 1.54) is 11.1 Å². The Kier molecular flexibility index (Phi) is 4.46. The highest BCUT2D eigenvalue weighted by Gasteiger charge is 2.07. The number of aryl methyl sites for hydroxylation is 1.